The van der Waals surface area contributed by atoms with E-state index in [1.54, 1.807) is 64.6 Å². The molecule has 0 aliphatic heterocycles. The Balaban J connectivity index is 1.72. The first-order valence-corrected chi connectivity index (χ1v) is 8.80. The van der Waals surface area contributed by atoms with E-state index in [-0.39, 0.29) is 16.9 Å². The molecule has 7 nitrogen and oxygen atoms in total. The first kappa shape index (κ1) is 16.9. The lowest BCUT2D eigenvalue weighted by atomic mass is 10.1. The van der Waals surface area contributed by atoms with Crippen LogP contribution in [0.2, 0.25) is 0 Å². The lowest BCUT2D eigenvalue weighted by Gasteiger charge is -2.11. The van der Waals surface area contributed by atoms with Crippen LogP contribution in [0, 0.1) is 5.82 Å². The predicted octanol–water partition coefficient (Wildman–Crippen LogP) is 3.17. The molecule has 5 rings (SSSR count). The van der Waals surface area contributed by atoms with Gasteiger partial charge >= 0.3 is 0 Å². The molecule has 1 aromatic carbocycles. The molecule has 0 unspecified atom stereocenters. The summed E-state index contributed by atoms with van der Waals surface area (Å²) in [6.07, 6.45) is 8.09. The normalized spacial score (nSPS) is 11.1. The van der Waals surface area contributed by atoms with Crippen molar-refractivity contribution in [2.24, 2.45) is 0 Å². The molecule has 4 aromatic heterocycles. The van der Waals surface area contributed by atoms with E-state index in [1.165, 1.54) is 18.2 Å². The molecule has 0 saturated heterocycles. The molecule has 0 bridgehead atoms. The fourth-order valence-electron chi connectivity index (χ4n) is 3.18. The number of benzene rings is 1. The summed E-state index contributed by atoms with van der Waals surface area (Å²) in [5, 5.41) is 9.42. The van der Waals surface area contributed by atoms with Crippen molar-refractivity contribution in [3.8, 4) is 22.8 Å². The summed E-state index contributed by atoms with van der Waals surface area (Å²) in [5.74, 6) is -0.378. The third kappa shape index (κ3) is 2.96. The van der Waals surface area contributed by atoms with Crippen LogP contribution in [0.3, 0.4) is 0 Å². The fraction of sp³-hybridized carbons (Fsp3) is 0. The SMILES string of the molecule is O=c1ccn(-c2cccnc2)nc1-c1ccnn1-c1ccnc2ccc(F)cc12. The molecule has 29 heavy (non-hydrogen) atoms. The van der Waals surface area contributed by atoms with Crippen molar-refractivity contribution < 1.29 is 4.39 Å². The van der Waals surface area contributed by atoms with Gasteiger partial charge in [-0.05, 0) is 42.5 Å². The standard InChI is InChI=1S/C21H13FN6O/c22-14-3-4-17-16(12-14)18(5-9-24-17)28-19(6-10-25-28)21-20(29)7-11-27(26-21)15-2-1-8-23-13-15/h1-13H. The Morgan fingerprint density at radius 3 is 2.76 bits per heavy atom. The van der Waals surface area contributed by atoms with Gasteiger partial charge in [-0.25, -0.2) is 13.8 Å². The van der Waals surface area contributed by atoms with E-state index in [0.29, 0.717) is 22.3 Å². The molecular formula is C21H13FN6O. The third-order valence-corrected chi connectivity index (χ3v) is 4.51. The average molecular weight is 384 g/mol. The van der Waals surface area contributed by atoms with Gasteiger partial charge in [-0.3, -0.25) is 14.8 Å². The molecule has 5 aromatic rings. The van der Waals surface area contributed by atoms with Gasteiger partial charge in [0.15, 0.2) is 5.69 Å². The lowest BCUT2D eigenvalue weighted by molar-refractivity contribution is 0.629. The Bertz CT molecular complexity index is 1390. The molecule has 8 heteroatoms. The van der Waals surface area contributed by atoms with E-state index in [9.17, 15) is 9.18 Å². The van der Waals surface area contributed by atoms with Crippen LogP contribution in [0.25, 0.3) is 33.7 Å². The smallest absolute Gasteiger partial charge is 0.209 e. The van der Waals surface area contributed by atoms with Crippen molar-refractivity contribution in [1.82, 2.24) is 29.5 Å². The minimum absolute atomic E-state index is 0.218. The molecule has 4 heterocycles. The van der Waals surface area contributed by atoms with Crippen molar-refractivity contribution in [2.45, 2.75) is 0 Å². The maximum atomic E-state index is 13.9. The van der Waals surface area contributed by atoms with Gasteiger partial charge < -0.3 is 0 Å². The summed E-state index contributed by atoms with van der Waals surface area (Å²) in [7, 11) is 0. The molecule has 0 atom stereocenters. The minimum Gasteiger partial charge on any atom is -0.287 e. The second kappa shape index (κ2) is 6.75. The molecule has 0 spiro atoms. The highest BCUT2D eigenvalue weighted by atomic mass is 19.1. The van der Waals surface area contributed by atoms with Crippen molar-refractivity contribution in [1.29, 1.82) is 0 Å². The first-order chi connectivity index (χ1) is 14.2. The van der Waals surface area contributed by atoms with Gasteiger partial charge in [0.05, 0.1) is 35.0 Å². The summed E-state index contributed by atoms with van der Waals surface area (Å²) in [4.78, 5) is 21.0. The van der Waals surface area contributed by atoms with Gasteiger partial charge in [0.25, 0.3) is 0 Å². The number of aromatic nitrogens is 6. The largest absolute Gasteiger partial charge is 0.287 e. The van der Waals surface area contributed by atoms with Gasteiger partial charge in [0.2, 0.25) is 5.43 Å². The van der Waals surface area contributed by atoms with E-state index in [0.717, 1.165) is 5.69 Å². The van der Waals surface area contributed by atoms with E-state index in [4.69, 9.17) is 0 Å². The van der Waals surface area contributed by atoms with Crippen molar-refractivity contribution in [2.75, 3.05) is 0 Å². The van der Waals surface area contributed by atoms with Crippen LogP contribution < -0.4 is 5.43 Å². The highest BCUT2D eigenvalue weighted by molar-refractivity contribution is 5.87. The van der Waals surface area contributed by atoms with Crippen LogP contribution in [0.1, 0.15) is 0 Å². The molecule has 0 amide bonds. The summed E-state index contributed by atoms with van der Waals surface area (Å²) in [6, 6.07) is 12.8. The second-order valence-electron chi connectivity index (χ2n) is 6.30. The molecule has 0 aliphatic rings. The number of halogens is 1. The second-order valence-corrected chi connectivity index (χ2v) is 6.30. The maximum absolute atomic E-state index is 13.9. The fourth-order valence-corrected chi connectivity index (χ4v) is 3.18. The summed E-state index contributed by atoms with van der Waals surface area (Å²) >= 11 is 0. The lowest BCUT2D eigenvalue weighted by Crippen LogP contribution is -2.15. The van der Waals surface area contributed by atoms with Gasteiger partial charge in [-0.2, -0.15) is 10.2 Å². The van der Waals surface area contributed by atoms with E-state index in [2.05, 4.69) is 20.2 Å². The van der Waals surface area contributed by atoms with Crippen LogP contribution in [-0.2, 0) is 0 Å². The number of hydrogen-bond donors (Lipinski definition) is 0. The number of hydrogen-bond acceptors (Lipinski definition) is 5. The first-order valence-electron chi connectivity index (χ1n) is 8.80. The quantitative estimate of drug-likeness (QED) is 0.477. The third-order valence-electron chi connectivity index (χ3n) is 4.51. The van der Waals surface area contributed by atoms with E-state index in [1.807, 2.05) is 6.07 Å². The zero-order chi connectivity index (χ0) is 19.8. The Morgan fingerprint density at radius 1 is 0.966 bits per heavy atom. The van der Waals surface area contributed by atoms with Crippen LogP contribution in [-0.4, -0.2) is 29.5 Å². The molecule has 0 N–H and O–H groups in total. The Morgan fingerprint density at radius 2 is 1.90 bits per heavy atom. The summed E-state index contributed by atoms with van der Waals surface area (Å²) in [6.45, 7) is 0. The molecule has 0 aliphatic carbocycles. The number of fused-ring (bicyclic) bond motifs is 1. The zero-order valence-electron chi connectivity index (χ0n) is 15.0. The molecule has 0 saturated carbocycles. The number of pyridine rings is 2. The van der Waals surface area contributed by atoms with Crippen molar-refractivity contribution >= 4 is 10.9 Å². The summed E-state index contributed by atoms with van der Waals surface area (Å²) in [5.41, 5.74) is 2.40. The molecule has 0 fully saturated rings. The molecule has 0 radical (unpaired) electrons. The zero-order valence-corrected chi connectivity index (χ0v) is 15.0. The highest BCUT2D eigenvalue weighted by Crippen LogP contribution is 2.25. The van der Waals surface area contributed by atoms with Crippen molar-refractivity contribution in [3.63, 3.8) is 0 Å². The van der Waals surface area contributed by atoms with Crippen molar-refractivity contribution in [3.05, 3.63) is 95.6 Å². The Labute approximate surface area is 163 Å². The van der Waals surface area contributed by atoms with E-state index < -0.39 is 0 Å². The number of rotatable bonds is 3. The van der Waals surface area contributed by atoms with Crippen LogP contribution in [0.15, 0.2) is 84.3 Å². The monoisotopic (exact) mass is 384 g/mol. The van der Waals surface area contributed by atoms with Crippen LogP contribution in [0.4, 0.5) is 4.39 Å². The maximum Gasteiger partial charge on any atom is 0.209 e. The Hall–Kier alpha value is -4.20. The Kier molecular flexibility index (Phi) is 3.94. The van der Waals surface area contributed by atoms with Crippen LogP contribution >= 0.6 is 0 Å². The van der Waals surface area contributed by atoms with Crippen LogP contribution in [0.5, 0.6) is 0 Å². The van der Waals surface area contributed by atoms with Gasteiger partial charge in [0.1, 0.15) is 5.82 Å². The highest BCUT2D eigenvalue weighted by Gasteiger charge is 2.16. The van der Waals surface area contributed by atoms with E-state index >= 15 is 0 Å². The summed E-state index contributed by atoms with van der Waals surface area (Å²) < 4.78 is 17.0. The number of nitrogens with zero attached hydrogens (tertiary/aromatic N) is 6. The molecule has 140 valence electrons. The molecular weight excluding hydrogens is 371 g/mol. The van der Waals surface area contributed by atoms with Gasteiger partial charge in [-0.1, -0.05) is 0 Å². The topological polar surface area (TPSA) is 78.5 Å². The average Bonchev–Trinajstić information content (AvgIpc) is 3.23. The predicted molar refractivity (Wildman–Crippen MR) is 105 cm³/mol. The minimum atomic E-state index is -0.378. The van der Waals surface area contributed by atoms with Gasteiger partial charge in [-0.15, -0.1) is 0 Å². The van der Waals surface area contributed by atoms with Gasteiger partial charge in [0, 0.05) is 30.0 Å².